The Labute approximate surface area is 187 Å². The number of ether oxygens (including phenoxy) is 1. The number of nitro benzene ring substituents is 1. The van der Waals surface area contributed by atoms with Gasteiger partial charge in [0, 0.05) is 50.2 Å². The zero-order valence-corrected chi connectivity index (χ0v) is 18.2. The van der Waals surface area contributed by atoms with E-state index in [1.807, 2.05) is 24.6 Å². The molecule has 0 spiro atoms. The highest BCUT2D eigenvalue weighted by Crippen LogP contribution is 2.22. The molecule has 166 valence electrons. The number of amides is 1. The second-order valence-corrected chi connectivity index (χ2v) is 7.89. The third-order valence-electron chi connectivity index (χ3n) is 5.28. The maximum Gasteiger partial charge on any atom is 0.359 e. The predicted octanol–water partition coefficient (Wildman–Crippen LogP) is 2.47. The van der Waals surface area contributed by atoms with Gasteiger partial charge in [-0.05, 0) is 30.5 Å². The molecule has 3 aromatic rings. The SMILES string of the molecule is CSc1nc(C(=O)OCC(=O)N2CCN(c3ccc([N+](=O)[O-])cc3)CC2)c2ccccn12. The summed E-state index contributed by atoms with van der Waals surface area (Å²) in [5, 5.41) is 11.5. The molecule has 0 atom stereocenters. The number of non-ortho nitro benzene ring substituents is 1. The van der Waals surface area contributed by atoms with Gasteiger partial charge in [0.25, 0.3) is 11.6 Å². The summed E-state index contributed by atoms with van der Waals surface area (Å²) in [6.07, 6.45) is 3.69. The van der Waals surface area contributed by atoms with Crippen LogP contribution in [0.15, 0.2) is 53.8 Å². The number of piperazine rings is 1. The number of pyridine rings is 1. The van der Waals surface area contributed by atoms with Crippen LogP contribution >= 0.6 is 11.8 Å². The normalized spacial score (nSPS) is 13.9. The third-order valence-corrected chi connectivity index (χ3v) is 5.93. The zero-order valence-electron chi connectivity index (χ0n) is 17.3. The highest BCUT2D eigenvalue weighted by atomic mass is 32.2. The van der Waals surface area contributed by atoms with E-state index in [1.165, 1.54) is 23.9 Å². The van der Waals surface area contributed by atoms with E-state index < -0.39 is 10.9 Å². The van der Waals surface area contributed by atoms with E-state index in [0.717, 1.165) is 5.69 Å². The smallest absolute Gasteiger partial charge is 0.359 e. The molecular formula is C21H21N5O5S. The number of imidazole rings is 1. The monoisotopic (exact) mass is 455 g/mol. The Balaban J connectivity index is 1.32. The minimum absolute atomic E-state index is 0.0412. The minimum atomic E-state index is -0.633. The summed E-state index contributed by atoms with van der Waals surface area (Å²) in [5.74, 6) is -0.901. The number of hydrogen-bond donors (Lipinski definition) is 0. The molecule has 0 aliphatic carbocycles. The first-order valence-corrected chi connectivity index (χ1v) is 11.2. The quantitative estimate of drug-likeness (QED) is 0.241. The van der Waals surface area contributed by atoms with Gasteiger partial charge in [-0.3, -0.25) is 19.3 Å². The number of fused-ring (bicyclic) bond motifs is 1. The number of aromatic nitrogens is 2. The van der Waals surface area contributed by atoms with E-state index in [1.54, 1.807) is 27.5 Å². The summed E-state index contributed by atoms with van der Waals surface area (Å²) >= 11 is 1.42. The van der Waals surface area contributed by atoms with Crippen molar-refractivity contribution >= 4 is 40.5 Å². The molecule has 0 bridgehead atoms. The molecule has 1 aliphatic heterocycles. The molecule has 1 amide bonds. The van der Waals surface area contributed by atoms with E-state index in [-0.39, 0.29) is 23.9 Å². The van der Waals surface area contributed by atoms with Crippen molar-refractivity contribution in [2.75, 3.05) is 43.9 Å². The van der Waals surface area contributed by atoms with Crippen LogP contribution in [-0.4, -0.2) is 70.1 Å². The number of esters is 1. The van der Waals surface area contributed by atoms with E-state index in [0.29, 0.717) is 36.9 Å². The largest absolute Gasteiger partial charge is 0.451 e. The van der Waals surface area contributed by atoms with Gasteiger partial charge >= 0.3 is 5.97 Å². The van der Waals surface area contributed by atoms with Gasteiger partial charge in [-0.1, -0.05) is 17.8 Å². The maximum absolute atomic E-state index is 12.6. The van der Waals surface area contributed by atoms with E-state index in [9.17, 15) is 19.7 Å². The summed E-state index contributed by atoms with van der Waals surface area (Å²) in [6, 6.07) is 11.8. The third kappa shape index (κ3) is 4.37. The second kappa shape index (κ2) is 9.27. The number of thioether (sulfide) groups is 1. The Kier molecular flexibility index (Phi) is 6.26. The predicted molar refractivity (Wildman–Crippen MR) is 119 cm³/mol. The first-order valence-electron chi connectivity index (χ1n) is 9.93. The number of nitro groups is 1. The summed E-state index contributed by atoms with van der Waals surface area (Å²) in [7, 11) is 0. The summed E-state index contributed by atoms with van der Waals surface area (Å²) in [6.45, 7) is 1.76. The second-order valence-electron chi connectivity index (χ2n) is 7.12. The number of benzene rings is 1. The average Bonchev–Trinajstić information content (AvgIpc) is 3.21. The summed E-state index contributed by atoms with van der Waals surface area (Å²) in [4.78, 5) is 43.5. The lowest BCUT2D eigenvalue weighted by atomic mass is 10.2. The number of rotatable bonds is 6. The summed E-state index contributed by atoms with van der Waals surface area (Å²) in [5.41, 5.74) is 1.72. The Bertz CT molecular complexity index is 1160. The van der Waals surface area contributed by atoms with Gasteiger partial charge < -0.3 is 14.5 Å². The molecule has 1 saturated heterocycles. The summed E-state index contributed by atoms with van der Waals surface area (Å²) < 4.78 is 7.07. The van der Waals surface area contributed by atoms with E-state index >= 15 is 0 Å². The van der Waals surface area contributed by atoms with Crippen molar-refractivity contribution in [1.82, 2.24) is 14.3 Å². The Morgan fingerprint density at radius 2 is 1.84 bits per heavy atom. The Hall–Kier alpha value is -3.60. The molecule has 4 rings (SSSR count). The highest BCUT2D eigenvalue weighted by Gasteiger charge is 2.24. The minimum Gasteiger partial charge on any atom is -0.451 e. The van der Waals surface area contributed by atoms with Crippen LogP contribution in [0, 0.1) is 10.1 Å². The van der Waals surface area contributed by atoms with Crippen LogP contribution in [0.4, 0.5) is 11.4 Å². The van der Waals surface area contributed by atoms with Gasteiger partial charge in [0.1, 0.15) is 0 Å². The molecule has 1 aromatic carbocycles. The van der Waals surface area contributed by atoms with Crippen molar-refractivity contribution < 1.29 is 19.2 Å². The van der Waals surface area contributed by atoms with Crippen LogP contribution in [-0.2, 0) is 9.53 Å². The molecule has 0 N–H and O–H groups in total. The Morgan fingerprint density at radius 1 is 1.12 bits per heavy atom. The van der Waals surface area contributed by atoms with Crippen molar-refractivity contribution in [2.24, 2.45) is 0 Å². The van der Waals surface area contributed by atoms with Crippen LogP contribution in [0.1, 0.15) is 10.5 Å². The maximum atomic E-state index is 12.6. The van der Waals surface area contributed by atoms with Crippen LogP contribution in [0.2, 0.25) is 0 Å². The molecule has 3 heterocycles. The van der Waals surface area contributed by atoms with Crippen molar-refractivity contribution in [3.05, 3.63) is 64.5 Å². The lowest BCUT2D eigenvalue weighted by Gasteiger charge is -2.36. The highest BCUT2D eigenvalue weighted by molar-refractivity contribution is 7.98. The number of hydrogen-bond acceptors (Lipinski definition) is 8. The molecule has 0 unspecified atom stereocenters. The fraction of sp³-hybridized carbons (Fsp3) is 0.286. The van der Waals surface area contributed by atoms with Crippen molar-refractivity contribution in [1.29, 1.82) is 0 Å². The van der Waals surface area contributed by atoms with Crippen molar-refractivity contribution in [2.45, 2.75) is 5.16 Å². The van der Waals surface area contributed by atoms with Crippen LogP contribution in [0.25, 0.3) is 5.52 Å². The van der Waals surface area contributed by atoms with Gasteiger partial charge in [0.05, 0.1) is 10.4 Å². The van der Waals surface area contributed by atoms with Gasteiger partial charge in [-0.15, -0.1) is 0 Å². The van der Waals surface area contributed by atoms with Crippen LogP contribution in [0.5, 0.6) is 0 Å². The van der Waals surface area contributed by atoms with Crippen molar-refractivity contribution in [3.63, 3.8) is 0 Å². The Morgan fingerprint density at radius 3 is 2.50 bits per heavy atom. The molecule has 0 radical (unpaired) electrons. The first kappa shape index (κ1) is 21.6. The first-order chi connectivity index (χ1) is 15.5. The van der Waals surface area contributed by atoms with Crippen molar-refractivity contribution in [3.8, 4) is 0 Å². The molecule has 1 aliphatic rings. The molecular weight excluding hydrogens is 434 g/mol. The number of nitrogens with zero attached hydrogens (tertiary/aromatic N) is 5. The number of anilines is 1. The number of carbonyl (C=O) groups excluding carboxylic acids is 2. The molecule has 1 fully saturated rings. The van der Waals surface area contributed by atoms with Crippen LogP contribution in [0.3, 0.4) is 0 Å². The van der Waals surface area contributed by atoms with E-state index in [4.69, 9.17) is 4.74 Å². The van der Waals surface area contributed by atoms with Gasteiger partial charge in [-0.25, -0.2) is 9.78 Å². The lowest BCUT2D eigenvalue weighted by molar-refractivity contribution is -0.384. The van der Waals surface area contributed by atoms with E-state index in [2.05, 4.69) is 9.88 Å². The molecule has 32 heavy (non-hydrogen) atoms. The van der Waals surface area contributed by atoms with Gasteiger partial charge in [0.15, 0.2) is 17.5 Å². The molecule has 2 aromatic heterocycles. The average molecular weight is 455 g/mol. The fourth-order valence-electron chi connectivity index (χ4n) is 3.59. The molecule has 10 nitrogen and oxygen atoms in total. The molecule has 11 heteroatoms. The fourth-order valence-corrected chi connectivity index (χ4v) is 4.13. The lowest BCUT2D eigenvalue weighted by Crippen LogP contribution is -2.49. The standard InChI is InChI=1S/C21H21N5O5S/c1-32-21-22-19(17-4-2-3-9-25(17)21)20(28)31-14-18(27)24-12-10-23(11-13-24)15-5-7-16(8-6-15)26(29)30/h2-9H,10-14H2,1H3. The zero-order chi connectivity index (χ0) is 22.7. The van der Waals surface area contributed by atoms with Crippen LogP contribution < -0.4 is 4.90 Å². The van der Waals surface area contributed by atoms with Gasteiger partial charge in [-0.2, -0.15) is 0 Å². The molecule has 0 saturated carbocycles. The topological polar surface area (TPSA) is 110 Å². The van der Waals surface area contributed by atoms with Gasteiger partial charge in [0.2, 0.25) is 0 Å². The number of carbonyl (C=O) groups is 2.